The molecule has 0 saturated heterocycles. The highest BCUT2D eigenvalue weighted by Gasteiger charge is 2.35. The predicted molar refractivity (Wildman–Crippen MR) is 135 cm³/mol. The van der Waals surface area contributed by atoms with Gasteiger partial charge in [-0.15, -0.1) is 0 Å². The zero-order valence-electron chi connectivity index (χ0n) is 19.9. The lowest BCUT2D eigenvalue weighted by atomic mass is 9.91. The van der Waals surface area contributed by atoms with Crippen LogP contribution in [0.3, 0.4) is 0 Å². The molecular formula is C29H30O5. The Kier molecular flexibility index (Phi) is 6.82. The Hall–Kier alpha value is -3.86. The number of hydrogen-bond acceptors (Lipinski definition) is 5. The van der Waals surface area contributed by atoms with Gasteiger partial charge in [-0.05, 0) is 65.9 Å². The average molecular weight is 459 g/mol. The summed E-state index contributed by atoms with van der Waals surface area (Å²) >= 11 is 0. The van der Waals surface area contributed by atoms with E-state index in [2.05, 4.69) is 31.2 Å². The summed E-state index contributed by atoms with van der Waals surface area (Å²) in [5, 5.41) is 19.1. The summed E-state index contributed by atoms with van der Waals surface area (Å²) in [6.07, 6.45) is 8.51. The first-order valence-electron chi connectivity index (χ1n) is 11.3. The molecule has 0 aliphatic carbocycles. The van der Waals surface area contributed by atoms with Crippen LogP contribution in [0.5, 0.6) is 28.7 Å². The summed E-state index contributed by atoms with van der Waals surface area (Å²) in [5.41, 5.74) is 5.13. The first-order chi connectivity index (χ1) is 16.4. The van der Waals surface area contributed by atoms with Gasteiger partial charge in [0.1, 0.15) is 11.9 Å². The minimum Gasteiger partial charge on any atom is -0.504 e. The molecule has 0 radical (unpaired) electrons. The number of aromatic hydroxyl groups is 2. The molecule has 0 bridgehead atoms. The minimum atomic E-state index is -0.136. The molecule has 3 aromatic rings. The zero-order chi connectivity index (χ0) is 24.2. The first-order valence-corrected chi connectivity index (χ1v) is 11.3. The Labute approximate surface area is 200 Å². The second-order valence-electron chi connectivity index (χ2n) is 8.39. The second kappa shape index (κ2) is 9.96. The molecule has 176 valence electrons. The van der Waals surface area contributed by atoms with Crippen molar-refractivity contribution in [2.75, 3.05) is 14.2 Å². The van der Waals surface area contributed by atoms with Crippen LogP contribution in [0.1, 0.15) is 53.7 Å². The van der Waals surface area contributed by atoms with Gasteiger partial charge in [-0.2, -0.15) is 0 Å². The van der Waals surface area contributed by atoms with E-state index in [4.69, 9.17) is 14.2 Å². The maximum absolute atomic E-state index is 9.67. The zero-order valence-corrected chi connectivity index (χ0v) is 19.9. The van der Waals surface area contributed by atoms with Crippen molar-refractivity contribution in [1.29, 1.82) is 0 Å². The molecule has 0 fully saturated rings. The van der Waals surface area contributed by atoms with E-state index in [1.54, 1.807) is 20.3 Å². The van der Waals surface area contributed by atoms with Crippen molar-refractivity contribution in [3.8, 4) is 28.7 Å². The number of rotatable bonds is 7. The Morgan fingerprint density at radius 2 is 1.68 bits per heavy atom. The molecule has 3 aromatic carbocycles. The number of hydrogen-bond donors (Lipinski definition) is 2. The monoisotopic (exact) mass is 458 g/mol. The predicted octanol–water partition coefficient (Wildman–Crippen LogP) is 6.64. The van der Waals surface area contributed by atoms with Crippen molar-refractivity contribution in [1.82, 2.24) is 0 Å². The summed E-state index contributed by atoms with van der Waals surface area (Å²) in [4.78, 5) is 0. The van der Waals surface area contributed by atoms with Crippen LogP contribution in [0.25, 0.3) is 12.2 Å². The fraction of sp³-hybridized carbons (Fsp3) is 0.241. The Morgan fingerprint density at radius 1 is 0.882 bits per heavy atom. The number of fused-ring (bicyclic) bond motifs is 1. The van der Waals surface area contributed by atoms with Crippen LogP contribution in [0, 0.1) is 0 Å². The van der Waals surface area contributed by atoms with Gasteiger partial charge in [-0.25, -0.2) is 0 Å². The lowest BCUT2D eigenvalue weighted by Gasteiger charge is -2.18. The lowest BCUT2D eigenvalue weighted by Crippen LogP contribution is -2.08. The molecule has 0 saturated carbocycles. The smallest absolute Gasteiger partial charge is 0.165 e. The summed E-state index contributed by atoms with van der Waals surface area (Å²) in [5.74, 6) is 2.24. The quantitative estimate of drug-likeness (QED) is 0.388. The maximum Gasteiger partial charge on any atom is 0.165 e. The number of phenols is 2. The van der Waals surface area contributed by atoms with Crippen molar-refractivity contribution in [3.05, 3.63) is 88.5 Å². The van der Waals surface area contributed by atoms with E-state index >= 15 is 0 Å². The average Bonchev–Trinajstić information content (AvgIpc) is 3.17. The first kappa shape index (κ1) is 23.3. The summed E-state index contributed by atoms with van der Waals surface area (Å²) in [6, 6.07) is 15.1. The molecule has 1 aliphatic heterocycles. The van der Waals surface area contributed by atoms with Crippen molar-refractivity contribution in [2.45, 2.75) is 32.3 Å². The van der Waals surface area contributed by atoms with Gasteiger partial charge in [0.05, 0.1) is 14.2 Å². The van der Waals surface area contributed by atoms with Gasteiger partial charge in [-0.3, -0.25) is 0 Å². The highest BCUT2D eigenvalue weighted by atomic mass is 16.5. The summed E-state index contributed by atoms with van der Waals surface area (Å²) in [6.45, 7) is 4.17. The molecule has 1 aliphatic rings. The van der Waals surface area contributed by atoms with E-state index in [1.807, 2.05) is 37.3 Å². The van der Waals surface area contributed by atoms with E-state index in [1.165, 1.54) is 12.1 Å². The van der Waals surface area contributed by atoms with Crippen LogP contribution in [-0.4, -0.2) is 24.4 Å². The van der Waals surface area contributed by atoms with Crippen molar-refractivity contribution >= 4 is 12.2 Å². The Bertz CT molecular complexity index is 1240. The highest BCUT2D eigenvalue weighted by Crippen LogP contribution is 2.51. The van der Waals surface area contributed by atoms with Gasteiger partial charge in [-0.1, -0.05) is 49.4 Å². The Balaban J connectivity index is 1.56. The van der Waals surface area contributed by atoms with Gasteiger partial charge in [0.2, 0.25) is 0 Å². The van der Waals surface area contributed by atoms with Crippen LogP contribution in [0.15, 0.2) is 60.7 Å². The van der Waals surface area contributed by atoms with Gasteiger partial charge in [0.15, 0.2) is 23.0 Å². The van der Waals surface area contributed by atoms with Crippen molar-refractivity contribution in [2.24, 2.45) is 0 Å². The van der Waals surface area contributed by atoms with Crippen LogP contribution in [-0.2, 0) is 6.42 Å². The molecule has 0 spiro atoms. The topological polar surface area (TPSA) is 68.2 Å². The van der Waals surface area contributed by atoms with Gasteiger partial charge in [0.25, 0.3) is 0 Å². The molecule has 5 heteroatoms. The molecule has 0 aromatic heterocycles. The van der Waals surface area contributed by atoms with Crippen LogP contribution < -0.4 is 14.2 Å². The Morgan fingerprint density at radius 3 is 2.38 bits per heavy atom. The summed E-state index contributed by atoms with van der Waals surface area (Å²) in [7, 11) is 3.34. The molecule has 5 nitrogen and oxygen atoms in total. The van der Waals surface area contributed by atoms with E-state index < -0.39 is 0 Å². The molecule has 2 atom stereocenters. The number of phenolic OH excluding ortho intramolecular Hbond substituents is 2. The molecule has 2 unspecified atom stereocenters. The number of benzene rings is 3. The molecule has 1 heterocycles. The molecule has 0 amide bonds. The maximum atomic E-state index is 9.67. The van der Waals surface area contributed by atoms with Gasteiger partial charge >= 0.3 is 0 Å². The third-order valence-electron chi connectivity index (χ3n) is 6.16. The number of methoxy groups -OCH3 is 2. The number of allylic oxidation sites excluding steroid dienone is 2. The van der Waals surface area contributed by atoms with Gasteiger partial charge < -0.3 is 24.4 Å². The van der Waals surface area contributed by atoms with Crippen LogP contribution in [0.4, 0.5) is 0 Å². The van der Waals surface area contributed by atoms with Crippen LogP contribution in [0.2, 0.25) is 0 Å². The number of ether oxygens (including phenoxy) is 3. The molecule has 4 rings (SSSR count). The third kappa shape index (κ3) is 4.60. The summed E-state index contributed by atoms with van der Waals surface area (Å²) < 4.78 is 17.7. The SMILES string of the molecule is CC=Cc1cc(OC)c2c(c1)C(C)C(c1ccc(C/C=C/c3ccc(O)c(O)c3)c(OC)c1)O2. The van der Waals surface area contributed by atoms with Crippen LogP contribution >= 0.6 is 0 Å². The molecular weight excluding hydrogens is 428 g/mol. The second-order valence-corrected chi connectivity index (χ2v) is 8.39. The fourth-order valence-corrected chi connectivity index (χ4v) is 4.37. The minimum absolute atomic E-state index is 0.129. The largest absolute Gasteiger partial charge is 0.504 e. The van der Waals surface area contributed by atoms with E-state index in [9.17, 15) is 10.2 Å². The van der Waals surface area contributed by atoms with E-state index in [0.29, 0.717) is 6.42 Å². The van der Waals surface area contributed by atoms with Gasteiger partial charge in [0, 0.05) is 11.5 Å². The molecule has 34 heavy (non-hydrogen) atoms. The lowest BCUT2D eigenvalue weighted by molar-refractivity contribution is 0.208. The standard InChI is InChI=1S/C29H30O5/c1-5-7-20-14-23-18(2)28(34-29(23)27(16-20)33-4)22-12-11-21(26(17-22)32-3)9-6-8-19-10-13-24(30)25(31)15-19/h5-8,10-18,28,30-31H,9H2,1-4H3/b7-5?,8-6+. The fourth-order valence-electron chi connectivity index (χ4n) is 4.37. The normalized spacial score (nSPS) is 17.2. The molecule has 2 N–H and O–H groups in total. The van der Waals surface area contributed by atoms with Crippen molar-refractivity contribution in [3.63, 3.8) is 0 Å². The third-order valence-corrected chi connectivity index (χ3v) is 6.16. The van der Waals surface area contributed by atoms with Crippen molar-refractivity contribution < 1.29 is 24.4 Å². The van der Waals surface area contributed by atoms with E-state index in [0.717, 1.165) is 45.1 Å². The highest BCUT2D eigenvalue weighted by molar-refractivity contribution is 5.62. The van der Waals surface area contributed by atoms with E-state index in [-0.39, 0.29) is 23.5 Å².